The summed E-state index contributed by atoms with van der Waals surface area (Å²) in [6, 6.07) is 0.273. The molecule has 2 fully saturated rings. The van der Waals surface area contributed by atoms with Gasteiger partial charge in [-0.1, -0.05) is 0 Å². The van der Waals surface area contributed by atoms with Crippen LogP contribution in [0.15, 0.2) is 0 Å². The maximum atomic E-state index is 12.5. The highest BCUT2D eigenvalue weighted by atomic mass is 16.2. The van der Waals surface area contributed by atoms with Gasteiger partial charge in [-0.3, -0.25) is 9.59 Å². The summed E-state index contributed by atoms with van der Waals surface area (Å²) in [5, 5.41) is 2.78. The zero-order valence-corrected chi connectivity index (χ0v) is 12.3. The number of nitrogens with zero attached hydrogens (tertiary/aromatic N) is 1. The maximum Gasteiger partial charge on any atom is 0.312 e. The van der Waals surface area contributed by atoms with Crippen LogP contribution < -0.4 is 11.1 Å². The topological polar surface area (TPSA) is 75.4 Å². The largest absolute Gasteiger partial charge is 0.345 e. The molecule has 0 aromatic carbocycles. The third-order valence-electron chi connectivity index (χ3n) is 4.04. The highest BCUT2D eigenvalue weighted by molar-refractivity contribution is 6.35. The summed E-state index contributed by atoms with van der Waals surface area (Å²) in [5.41, 5.74) is 5.30. The van der Waals surface area contributed by atoms with E-state index >= 15 is 0 Å². The lowest BCUT2D eigenvalue weighted by atomic mass is 9.77. The van der Waals surface area contributed by atoms with Crippen LogP contribution in [0.25, 0.3) is 0 Å². The van der Waals surface area contributed by atoms with E-state index in [9.17, 15) is 9.59 Å². The summed E-state index contributed by atoms with van der Waals surface area (Å²) in [4.78, 5) is 26.2. The van der Waals surface area contributed by atoms with Crippen LogP contribution in [0.4, 0.5) is 0 Å². The molecule has 2 rings (SSSR count). The van der Waals surface area contributed by atoms with E-state index < -0.39 is 11.8 Å². The van der Waals surface area contributed by atoms with Gasteiger partial charge in [0.15, 0.2) is 0 Å². The van der Waals surface area contributed by atoms with E-state index in [0.29, 0.717) is 0 Å². The highest BCUT2D eigenvalue weighted by Crippen LogP contribution is 2.37. The smallest absolute Gasteiger partial charge is 0.312 e. The van der Waals surface area contributed by atoms with Gasteiger partial charge in [-0.25, -0.2) is 0 Å². The van der Waals surface area contributed by atoms with E-state index in [1.165, 1.54) is 0 Å². The lowest BCUT2D eigenvalue weighted by Gasteiger charge is -2.54. The van der Waals surface area contributed by atoms with E-state index in [1.807, 2.05) is 27.7 Å². The van der Waals surface area contributed by atoms with Gasteiger partial charge in [-0.05, 0) is 53.4 Å². The van der Waals surface area contributed by atoms with Gasteiger partial charge in [0.2, 0.25) is 0 Å². The van der Waals surface area contributed by atoms with E-state index in [-0.39, 0.29) is 23.2 Å². The van der Waals surface area contributed by atoms with Crippen molar-refractivity contribution in [2.75, 3.05) is 0 Å². The van der Waals surface area contributed by atoms with Crippen LogP contribution in [-0.4, -0.2) is 39.9 Å². The number of carbonyl (C=O) groups excluding carboxylic acids is 2. The fourth-order valence-electron chi connectivity index (χ4n) is 3.48. The molecule has 5 heteroatoms. The number of rotatable bonds is 1. The van der Waals surface area contributed by atoms with E-state index in [4.69, 9.17) is 5.73 Å². The number of hydrogen-bond acceptors (Lipinski definition) is 3. The van der Waals surface area contributed by atoms with Crippen molar-refractivity contribution in [3.8, 4) is 0 Å². The number of amides is 2. The summed E-state index contributed by atoms with van der Waals surface area (Å²) >= 11 is 0. The number of nitrogens with one attached hydrogen (secondary N) is 1. The Labute approximate surface area is 114 Å². The standard InChI is InChI=1S/C14H25N3O2/c1-13(2)7-9(15)8-14(3,4)17(13)12(19)11(18)16-10-5-6-10/h9-10H,5-8,15H2,1-4H3,(H,16,18). The molecule has 19 heavy (non-hydrogen) atoms. The van der Waals surface area contributed by atoms with E-state index in [2.05, 4.69) is 5.32 Å². The molecule has 0 spiro atoms. The predicted octanol–water partition coefficient (Wildman–Crippen LogP) is 0.772. The normalized spacial score (nSPS) is 26.1. The van der Waals surface area contributed by atoms with Crippen molar-refractivity contribution < 1.29 is 9.59 Å². The second kappa shape index (κ2) is 4.47. The van der Waals surface area contributed by atoms with Crippen LogP contribution >= 0.6 is 0 Å². The zero-order chi connectivity index (χ0) is 14.4. The van der Waals surface area contributed by atoms with Gasteiger partial charge in [0, 0.05) is 23.2 Å². The number of hydrogen-bond donors (Lipinski definition) is 2. The Morgan fingerprint density at radius 3 is 2.00 bits per heavy atom. The number of piperidine rings is 1. The molecule has 2 amide bonds. The molecule has 0 unspecified atom stereocenters. The van der Waals surface area contributed by atoms with Crippen LogP contribution in [-0.2, 0) is 9.59 Å². The SMILES string of the molecule is CC1(C)CC(N)CC(C)(C)N1C(=O)C(=O)NC1CC1. The first kappa shape index (κ1) is 14.3. The quantitative estimate of drug-likeness (QED) is 0.689. The van der Waals surface area contributed by atoms with Crippen LogP contribution in [0.5, 0.6) is 0 Å². The summed E-state index contributed by atoms with van der Waals surface area (Å²) in [5.74, 6) is -0.895. The second-order valence-corrected chi connectivity index (χ2v) is 7.18. The molecule has 1 aliphatic heterocycles. The minimum Gasteiger partial charge on any atom is -0.345 e. The summed E-state index contributed by atoms with van der Waals surface area (Å²) in [6.07, 6.45) is 3.41. The first-order valence-electron chi connectivity index (χ1n) is 7.04. The Kier molecular flexibility index (Phi) is 3.37. The third kappa shape index (κ3) is 2.91. The zero-order valence-electron chi connectivity index (χ0n) is 12.3. The van der Waals surface area contributed by atoms with Crippen LogP contribution in [0.1, 0.15) is 53.4 Å². The van der Waals surface area contributed by atoms with Crippen molar-refractivity contribution in [3.63, 3.8) is 0 Å². The first-order valence-corrected chi connectivity index (χ1v) is 7.04. The monoisotopic (exact) mass is 267 g/mol. The Hall–Kier alpha value is -1.10. The highest BCUT2D eigenvalue weighted by Gasteiger charge is 2.48. The lowest BCUT2D eigenvalue weighted by Crippen LogP contribution is -2.67. The van der Waals surface area contributed by atoms with Crippen LogP contribution in [0, 0.1) is 0 Å². The Morgan fingerprint density at radius 2 is 1.58 bits per heavy atom. The molecule has 5 nitrogen and oxygen atoms in total. The maximum absolute atomic E-state index is 12.5. The van der Waals surface area contributed by atoms with Crippen molar-refractivity contribution in [1.82, 2.24) is 10.2 Å². The molecular formula is C14H25N3O2. The number of nitrogens with two attached hydrogens (primary N) is 1. The van der Waals surface area contributed by atoms with Crippen LogP contribution in [0.3, 0.4) is 0 Å². The molecule has 1 aliphatic carbocycles. The van der Waals surface area contributed by atoms with Gasteiger partial charge in [0.1, 0.15) is 0 Å². The van der Waals surface area contributed by atoms with Crippen molar-refractivity contribution in [2.45, 2.75) is 76.5 Å². The third-order valence-corrected chi connectivity index (χ3v) is 4.04. The van der Waals surface area contributed by atoms with Crippen molar-refractivity contribution in [2.24, 2.45) is 5.73 Å². The van der Waals surface area contributed by atoms with Crippen molar-refractivity contribution >= 4 is 11.8 Å². The lowest BCUT2D eigenvalue weighted by molar-refractivity contribution is -0.159. The molecule has 1 heterocycles. The van der Waals surface area contributed by atoms with Gasteiger partial charge < -0.3 is 16.0 Å². The second-order valence-electron chi connectivity index (χ2n) is 7.18. The predicted molar refractivity (Wildman–Crippen MR) is 73.4 cm³/mol. The molecule has 0 atom stereocenters. The minimum atomic E-state index is -0.473. The minimum absolute atomic E-state index is 0.0699. The molecule has 0 bridgehead atoms. The first-order chi connectivity index (χ1) is 8.63. The van der Waals surface area contributed by atoms with Gasteiger partial charge in [0.25, 0.3) is 0 Å². The molecule has 2 aliphatic rings. The Balaban J connectivity index is 2.18. The van der Waals surface area contributed by atoms with Crippen molar-refractivity contribution in [3.05, 3.63) is 0 Å². The Bertz CT molecular complexity index is 381. The van der Waals surface area contributed by atoms with Gasteiger partial charge in [-0.15, -0.1) is 0 Å². The van der Waals surface area contributed by atoms with Crippen LogP contribution in [0.2, 0.25) is 0 Å². The summed E-state index contributed by atoms with van der Waals surface area (Å²) in [7, 11) is 0. The van der Waals surface area contributed by atoms with Crippen molar-refractivity contribution in [1.29, 1.82) is 0 Å². The molecular weight excluding hydrogens is 242 g/mol. The number of likely N-dealkylation sites (tertiary alicyclic amines) is 1. The summed E-state index contributed by atoms with van der Waals surface area (Å²) in [6.45, 7) is 7.93. The molecule has 0 aromatic rings. The molecule has 1 saturated heterocycles. The molecule has 0 radical (unpaired) electrons. The fourth-order valence-corrected chi connectivity index (χ4v) is 3.48. The van der Waals surface area contributed by atoms with Gasteiger partial charge >= 0.3 is 11.8 Å². The van der Waals surface area contributed by atoms with Gasteiger partial charge in [-0.2, -0.15) is 0 Å². The van der Waals surface area contributed by atoms with Gasteiger partial charge in [0.05, 0.1) is 0 Å². The molecule has 108 valence electrons. The summed E-state index contributed by atoms with van der Waals surface area (Å²) < 4.78 is 0. The van der Waals surface area contributed by atoms with E-state index in [0.717, 1.165) is 25.7 Å². The molecule has 3 N–H and O–H groups in total. The fraction of sp³-hybridized carbons (Fsp3) is 0.857. The average Bonchev–Trinajstić information content (AvgIpc) is 2.96. The Morgan fingerprint density at radius 1 is 1.11 bits per heavy atom. The van der Waals surface area contributed by atoms with E-state index in [1.54, 1.807) is 4.90 Å². The molecule has 1 saturated carbocycles. The molecule has 0 aromatic heterocycles. The average molecular weight is 267 g/mol. The number of carbonyl (C=O) groups is 2.